The molecule has 0 aromatic carbocycles. The first kappa shape index (κ1) is 19.5. The third kappa shape index (κ3) is 4.35. The summed E-state index contributed by atoms with van der Waals surface area (Å²) >= 11 is 6.16. The van der Waals surface area contributed by atoms with Crippen LogP contribution in [0.15, 0.2) is 16.5 Å². The van der Waals surface area contributed by atoms with Crippen LogP contribution in [-0.4, -0.2) is 45.6 Å². The fourth-order valence-electron chi connectivity index (χ4n) is 3.28. The van der Waals surface area contributed by atoms with E-state index in [0.29, 0.717) is 17.3 Å². The van der Waals surface area contributed by atoms with Crippen molar-refractivity contribution in [2.24, 2.45) is 0 Å². The second kappa shape index (κ2) is 8.17. The molecule has 0 saturated carbocycles. The maximum absolute atomic E-state index is 12.4. The topological polar surface area (TPSA) is 80.4 Å². The molecule has 1 aliphatic rings. The Morgan fingerprint density at radius 1 is 1.26 bits per heavy atom. The SMILES string of the molecule is Cc1nn(Cc2ccc(C(=O)N[C@@H](C)C(=O)N3CCCCC3)o2)c(C)c1Cl. The van der Waals surface area contributed by atoms with Crippen LogP contribution in [0.4, 0.5) is 0 Å². The van der Waals surface area contributed by atoms with Crippen LogP contribution in [0, 0.1) is 13.8 Å². The number of hydrogen-bond acceptors (Lipinski definition) is 4. The predicted octanol–water partition coefficient (Wildman–Crippen LogP) is 2.93. The van der Waals surface area contributed by atoms with E-state index in [1.165, 1.54) is 0 Å². The van der Waals surface area contributed by atoms with Gasteiger partial charge in [0.25, 0.3) is 5.91 Å². The van der Waals surface area contributed by atoms with E-state index in [2.05, 4.69) is 10.4 Å². The van der Waals surface area contributed by atoms with E-state index >= 15 is 0 Å². The van der Waals surface area contributed by atoms with E-state index in [0.717, 1.165) is 43.7 Å². The van der Waals surface area contributed by atoms with Gasteiger partial charge >= 0.3 is 0 Å². The average Bonchev–Trinajstić information content (AvgIpc) is 3.23. The third-order valence-electron chi connectivity index (χ3n) is 4.87. The van der Waals surface area contributed by atoms with E-state index in [-0.39, 0.29) is 11.7 Å². The summed E-state index contributed by atoms with van der Waals surface area (Å²) in [6.07, 6.45) is 3.19. The molecule has 27 heavy (non-hydrogen) atoms. The summed E-state index contributed by atoms with van der Waals surface area (Å²) in [6.45, 7) is 7.33. The van der Waals surface area contributed by atoms with Gasteiger partial charge in [0.2, 0.25) is 5.91 Å². The van der Waals surface area contributed by atoms with Crippen LogP contribution in [0.2, 0.25) is 5.02 Å². The van der Waals surface area contributed by atoms with Crippen molar-refractivity contribution in [1.29, 1.82) is 0 Å². The van der Waals surface area contributed by atoms with Crippen LogP contribution >= 0.6 is 11.6 Å². The number of halogens is 1. The van der Waals surface area contributed by atoms with E-state index in [1.807, 2.05) is 18.7 Å². The number of aromatic nitrogens is 2. The second-order valence-electron chi connectivity index (χ2n) is 6.99. The van der Waals surface area contributed by atoms with E-state index in [4.69, 9.17) is 16.0 Å². The van der Waals surface area contributed by atoms with Gasteiger partial charge in [0.05, 0.1) is 23.0 Å². The lowest BCUT2D eigenvalue weighted by Crippen LogP contribution is -2.48. The van der Waals surface area contributed by atoms with E-state index in [9.17, 15) is 9.59 Å². The van der Waals surface area contributed by atoms with Crippen molar-refractivity contribution in [2.75, 3.05) is 13.1 Å². The van der Waals surface area contributed by atoms with Gasteiger partial charge in [-0.2, -0.15) is 5.10 Å². The molecule has 146 valence electrons. The number of rotatable bonds is 5. The highest BCUT2D eigenvalue weighted by molar-refractivity contribution is 6.31. The minimum absolute atomic E-state index is 0.0490. The predicted molar refractivity (Wildman–Crippen MR) is 102 cm³/mol. The van der Waals surface area contributed by atoms with Gasteiger partial charge in [0.15, 0.2) is 5.76 Å². The first-order valence-corrected chi connectivity index (χ1v) is 9.62. The van der Waals surface area contributed by atoms with Crippen molar-refractivity contribution in [3.63, 3.8) is 0 Å². The van der Waals surface area contributed by atoms with Crippen LogP contribution in [0.25, 0.3) is 0 Å². The second-order valence-corrected chi connectivity index (χ2v) is 7.37. The summed E-state index contributed by atoms with van der Waals surface area (Å²) in [7, 11) is 0. The smallest absolute Gasteiger partial charge is 0.287 e. The molecule has 7 nitrogen and oxygen atoms in total. The first-order chi connectivity index (χ1) is 12.9. The molecule has 1 aliphatic heterocycles. The van der Waals surface area contributed by atoms with Crippen LogP contribution in [0.5, 0.6) is 0 Å². The van der Waals surface area contributed by atoms with Gasteiger partial charge in [0, 0.05) is 13.1 Å². The molecule has 1 N–H and O–H groups in total. The van der Waals surface area contributed by atoms with Gasteiger partial charge in [-0.25, -0.2) is 0 Å². The zero-order valence-corrected chi connectivity index (χ0v) is 16.7. The quantitative estimate of drug-likeness (QED) is 0.848. The molecule has 1 fully saturated rings. The maximum Gasteiger partial charge on any atom is 0.287 e. The molecule has 1 atom stereocenters. The number of nitrogens with zero attached hydrogens (tertiary/aromatic N) is 3. The number of hydrogen-bond donors (Lipinski definition) is 1. The largest absolute Gasteiger partial charge is 0.454 e. The Balaban J connectivity index is 1.60. The Labute approximate surface area is 163 Å². The Kier molecular flexibility index (Phi) is 5.89. The molecule has 0 radical (unpaired) electrons. The summed E-state index contributed by atoms with van der Waals surface area (Å²) in [5.41, 5.74) is 1.60. The Morgan fingerprint density at radius 2 is 1.96 bits per heavy atom. The summed E-state index contributed by atoms with van der Waals surface area (Å²) in [6, 6.07) is 2.76. The molecule has 3 heterocycles. The van der Waals surface area contributed by atoms with Crippen molar-refractivity contribution in [2.45, 2.75) is 52.6 Å². The van der Waals surface area contributed by atoms with Crippen molar-refractivity contribution in [1.82, 2.24) is 20.0 Å². The molecule has 2 aromatic heterocycles. The number of piperidine rings is 1. The molecule has 2 amide bonds. The molecule has 0 unspecified atom stereocenters. The summed E-state index contributed by atoms with van der Waals surface area (Å²) in [5, 5.41) is 7.71. The Hall–Kier alpha value is -2.28. The van der Waals surface area contributed by atoms with Crippen molar-refractivity contribution in [3.8, 4) is 0 Å². The zero-order valence-electron chi connectivity index (χ0n) is 15.9. The molecule has 0 spiro atoms. The van der Waals surface area contributed by atoms with E-state index < -0.39 is 11.9 Å². The molecular weight excluding hydrogens is 368 g/mol. The lowest BCUT2D eigenvalue weighted by molar-refractivity contribution is -0.133. The standard InChI is InChI=1S/C19H25ClN4O3/c1-12-17(20)14(3)24(22-12)11-15-7-8-16(27-15)18(25)21-13(2)19(26)23-9-5-4-6-10-23/h7-8,13H,4-6,9-11H2,1-3H3,(H,21,25)/t13-/m0/s1. The number of carbonyl (C=O) groups excluding carboxylic acids is 2. The highest BCUT2D eigenvalue weighted by Crippen LogP contribution is 2.20. The lowest BCUT2D eigenvalue weighted by Gasteiger charge is -2.29. The monoisotopic (exact) mass is 392 g/mol. The number of carbonyl (C=O) groups is 2. The molecule has 3 rings (SSSR count). The Morgan fingerprint density at radius 3 is 2.59 bits per heavy atom. The highest BCUT2D eigenvalue weighted by atomic mass is 35.5. The van der Waals surface area contributed by atoms with Gasteiger partial charge in [-0.1, -0.05) is 11.6 Å². The number of likely N-dealkylation sites (tertiary alicyclic amines) is 1. The molecule has 8 heteroatoms. The van der Waals surface area contributed by atoms with Gasteiger partial charge in [-0.15, -0.1) is 0 Å². The van der Waals surface area contributed by atoms with Gasteiger partial charge in [0.1, 0.15) is 11.8 Å². The summed E-state index contributed by atoms with van der Waals surface area (Å²) in [5.74, 6) is 0.325. The summed E-state index contributed by atoms with van der Waals surface area (Å²) < 4.78 is 7.38. The lowest BCUT2D eigenvalue weighted by atomic mass is 10.1. The number of furan rings is 1. The fraction of sp³-hybridized carbons (Fsp3) is 0.526. The molecule has 1 saturated heterocycles. The maximum atomic E-state index is 12.4. The van der Waals surface area contributed by atoms with Crippen molar-refractivity contribution < 1.29 is 14.0 Å². The number of amides is 2. The normalized spacial score (nSPS) is 15.6. The highest BCUT2D eigenvalue weighted by Gasteiger charge is 2.24. The molecule has 0 aliphatic carbocycles. The van der Waals surface area contributed by atoms with Crippen LogP contribution in [-0.2, 0) is 11.3 Å². The Bertz CT molecular complexity index is 836. The minimum Gasteiger partial charge on any atom is -0.454 e. The van der Waals surface area contributed by atoms with Crippen LogP contribution in [0.3, 0.4) is 0 Å². The molecule has 2 aromatic rings. The fourth-order valence-corrected chi connectivity index (χ4v) is 3.41. The van der Waals surface area contributed by atoms with Gasteiger partial charge in [-0.05, 0) is 52.2 Å². The van der Waals surface area contributed by atoms with Gasteiger partial charge < -0.3 is 14.6 Å². The third-order valence-corrected chi connectivity index (χ3v) is 5.42. The number of aryl methyl sites for hydroxylation is 1. The minimum atomic E-state index is -0.584. The summed E-state index contributed by atoms with van der Waals surface area (Å²) in [4.78, 5) is 26.7. The molecule has 0 bridgehead atoms. The molecular formula is C19H25ClN4O3. The van der Waals surface area contributed by atoms with Crippen molar-refractivity contribution in [3.05, 3.63) is 40.1 Å². The van der Waals surface area contributed by atoms with Crippen LogP contribution < -0.4 is 5.32 Å². The number of nitrogens with one attached hydrogen (secondary N) is 1. The zero-order chi connectivity index (χ0) is 19.6. The first-order valence-electron chi connectivity index (χ1n) is 9.24. The van der Waals surface area contributed by atoms with Crippen molar-refractivity contribution >= 4 is 23.4 Å². The van der Waals surface area contributed by atoms with E-state index in [1.54, 1.807) is 23.7 Å². The average molecular weight is 393 g/mol. The van der Waals surface area contributed by atoms with Crippen LogP contribution in [0.1, 0.15) is 53.9 Å². The van der Waals surface area contributed by atoms with Gasteiger partial charge in [-0.3, -0.25) is 14.3 Å².